The highest BCUT2D eigenvalue weighted by Crippen LogP contribution is 2.36. The van der Waals surface area contributed by atoms with E-state index >= 15 is 0 Å². The molecule has 0 aliphatic carbocycles. The van der Waals surface area contributed by atoms with E-state index in [1.165, 1.54) is 16.7 Å². The molecule has 0 nitrogen and oxygen atoms in total. The van der Waals surface area contributed by atoms with Crippen molar-refractivity contribution in [3.05, 3.63) is 34.9 Å². The molecule has 0 spiro atoms. The molecule has 1 heteroatoms. The summed E-state index contributed by atoms with van der Waals surface area (Å²) in [5, 5.41) is 0.136. The van der Waals surface area contributed by atoms with Gasteiger partial charge in [0.25, 0.3) is 0 Å². The fourth-order valence-electron chi connectivity index (χ4n) is 2.13. The van der Waals surface area contributed by atoms with Crippen LogP contribution in [0.1, 0.15) is 63.1 Å². The van der Waals surface area contributed by atoms with E-state index in [1.54, 1.807) is 0 Å². The van der Waals surface area contributed by atoms with Gasteiger partial charge < -0.3 is 0 Å². The molecule has 1 aromatic carbocycles. The Kier molecular flexibility index (Phi) is 5.06. The third-order valence-electron chi connectivity index (χ3n) is 3.13. The third kappa shape index (κ3) is 4.35. The maximum absolute atomic E-state index is 6.60. The normalized spacial score (nSPS) is 13.8. The lowest BCUT2D eigenvalue weighted by Gasteiger charge is -2.24. The average molecular weight is 253 g/mol. The van der Waals surface area contributed by atoms with E-state index < -0.39 is 0 Å². The molecule has 96 valence electrons. The predicted octanol–water partition coefficient (Wildman–Crippen LogP) is 5.53. The Morgan fingerprint density at radius 1 is 1.12 bits per heavy atom. The van der Waals surface area contributed by atoms with Gasteiger partial charge in [0.1, 0.15) is 0 Å². The van der Waals surface area contributed by atoms with E-state index in [-0.39, 0.29) is 10.8 Å². The SMILES string of the molecule is CCc1ccc(CC)c(C(Cl)CC(C)(C)C)c1. The van der Waals surface area contributed by atoms with Crippen LogP contribution in [-0.4, -0.2) is 0 Å². The Morgan fingerprint density at radius 2 is 1.76 bits per heavy atom. The van der Waals surface area contributed by atoms with Gasteiger partial charge in [-0.1, -0.05) is 52.8 Å². The van der Waals surface area contributed by atoms with Gasteiger partial charge in [0.2, 0.25) is 0 Å². The number of hydrogen-bond donors (Lipinski definition) is 0. The average Bonchev–Trinajstić information content (AvgIpc) is 2.25. The fourth-order valence-corrected chi connectivity index (χ4v) is 2.79. The van der Waals surface area contributed by atoms with Crippen LogP contribution in [0.5, 0.6) is 0 Å². The quantitative estimate of drug-likeness (QED) is 0.619. The molecule has 0 aromatic heterocycles. The van der Waals surface area contributed by atoms with Crippen LogP contribution in [0, 0.1) is 5.41 Å². The summed E-state index contributed by atoms with van der Waals surface area (Å²) < 4.78 is 0. The molecule has 0 saturated carbocycles. The first-order valence-electron chi connectivity index (χ1n) is 6.63. The highest BCUT2D eigenvalue weighted by molar-refractivity contribution is 6.20. The molecule has 0 radical (unpaired) electrons. The van der Waals surface area contributed by atoms with Crippen molar-refractivity contribution in [2.75, 3.05) is 0 Å². The molecule has 0 aliphatic rings. The Morgan fingerprint density at radius 3 is 2.24 bits per heavy atom. The molecule has 0 heterocycles. The molecule has 0 amide bonds. The van der Waals surface area contributed by atoms with Gasteiger partial charge in [0.15, 0.2) is 0 Å². The zero-order valence-corrected chi connectivity index (χ0v) is 12.6. The van der Waals surface area contributed by atoms with Gasteiger partial charge in [0.05, 0.1) is 5.38 Å². The summed E-state index contributed by atoms with van der Waals surface area (Å²) in [5.41, 5.74) is 4.39. The van der Waals surface area contributed by atoms with Crippen LogP contribution in [0.3, 0.4) is 0 Å². The van der Waals surface area contributed by atoms with E-state index in [0.29, 0.717) is 0 Å². The number of benzene rings is 1. The maximum Gasteiger partial charge on any atom is 0.0593 e. The molecular formula is C16H25Cl. The summed E-state index contributed by atoms with van der Waals surface area (Å²) in [6.07, 6.45) is 3.16. The lowest BCUT2D eigenvalue weighted by Crippen LogP contribution is -2.10. The van der Waals surface area contributed by atoms with E-state index in [9.17, 15) is 0 Å². The van der Waals surface area contributed by atoms with Crippen molar-refractivity contribution >= 4 is 11.6 Å². The smallest absolute Gasteiger partial charge is 0.0593 e. The van der Waals surface area contributed by atoms with Crippen molar-refractivity contribution in [3.63, 3.8) is 0 Å². The van der Waals surface area contributed by atoms with Crippen LogP contribution in [0.15, 0.2) is 18.2 Å². The van der Waals surface area contributed by atoms with Crippen molar-refractivity contribution in [3.8, 4) is 0 Å². The molecular weight excluding hydrogens is 228 g/mol. The lowest BCUT2D eigenvalue weighted by molar-refractivity contribution is 0.372. The molecule has 17 heavy (non-hydrogen) atoms. The van der Waals surface area contributed by atoms with Crippen LogP contribution < -0.4 is 0 Å². The highest BCUT2D eigenvalue weighted by atomic mass is 35.5. The van der Waals surface area contributed by atoms with Crippen LogP contribution in [0.2, 0.25) is 0 Å². The summed E-state index contributed by atoms with van der Waals surface area (Å²) in [5.74, 6) is 0. The second-order valence-electron chi connectivity index (χ2n) is 5.97. The summed E-state index contributed by atoms with van der Waals surface area (Å²) in [6, 6.07) is 6.76. The molecule has 0 bridgehead atoms. The van der Waals surface area contributed by atoms with Crippen molar-refractivity contribution in [2.45, 2.75) is 59.3 Å². The molecule has 0 N–H and O–H groups in total. The second-order valence-corrected chi connectivity index (χ2v) is 6.50. The number of hydrogen-bond acceptors (Lipinski definition) is 0. The highest BCUT2D eigenvalue weighted by Gasteiger charge is 2.20. The van der Waals surface area contributed by atoms with Crippen molar-refractivity contribution in [2.24, 2.45) is 5.41 Å². The first-order chi connectivity index (χ1) is 7.87. The second kappa shape index (κ2) is 5.91. The molecule has 0 saturated heterocycles. The number of aryl methyl sites for hydroxylation is 2. The van der Waals surface area contributed by atoms with Crippen LogP contribution in [-0.2, 0) is 12.8 Å². The van der Waals surface area contributed by atoms with Crippen molar-refractivity contribution in [1.29, 1.82) is 0 Å². The van der Waals surface area contributed by atoms with E-state index in [4.69, 9.17) is 11.6 Å². The van der Waals surface area contributed by atoms with Gasteiger partial charge in [-0.25, -0.2) is 0 Å². The largest absolute Gasteiger partial charge is 0.118 e. The van der Waals surface area contributed by atoms with Crippen LogP contribution >= 0.6 is 11.6 Å². The Balaban J connectivity index is 3.01. The number of alkyl halides is 1. The first kappa shape index (κ1) is 14.6. The molecule has 0 aliphatic heterocycles. The van der Waals surface area contributed by atoms with Gasteiger partial charge in [-0.2, -0.15) is 0 Å². The third-order valence-corrected chi connectivity index (χ3v) is 3.52. The molecule has 1 aromatic rings. The van der Waals surface area contributed by atoms with E-state index in [1.807, 2.05) is 0 Å². The molecule has 1 rings (SSSR count). The van der Waals surface area contributed by atoms with Gasteiger partial charge in [0, 0.05) is 0 Å². The lowest BCUT2D eigenvalue weighted by atomic mass is 9.86. The summed E-state index contributed by atoms with van der Waals surface area (Å²) >= 11 is 6.60. The number of rotatable bonds is 4. The topological polar surface area (TPSA) is 0 Å². The van der Waals surface area contributed by atoms with Gasteiger partial charge >= 0.3 is 0 Å². The molecule has 1 atom stereocenters. The van der Waals surface area contributed by atoms with E-state index in [2.05, 4.69) is 52.8 Å². The predicted molar refractivity (Wildman–Crippen MR) is 77.9 cm³/mol. The standard InChI is InChI=1S/C16H25Cl/c1-6-12-8-9-13(7-2)14(10-12)15(17)11-16(3,4)5/h8-10,15H,6-7,11H2,1-5H3. The minimum Gasteiger partial charge on any atom is -0.118 e. The van der Waals surface area contributed by atoms with Crippen LogP contribution in [0.4, 0.5) is 0 Å². The van der Waals surface area contributed by atoms with Gasteiger partial charge in [-0.3, -0.25) is 0 Å². The molecule has 0 fully saturated rings. The minimum atomic E-state index is 0.136. The first-order valence-corrected chi connectivity index (χ1v) is 7.06. The monoisotopic (exact) mass is 252 g/mol. The fraction of sp³-hybridized carbons (Fsp3) is 0.625. The zero-order valence-electron chi connectivity index (χ0n) is 11.8. The summed E-state index contributed by atoms with van der Waals surface area (Å²) in [7, 11) is 0. The summed E-state index contributed by atoms with van der Waals surface area (Å²) in [4.78, 5) is 0. The zero-order chi connectivity index (χ0) is 13.1. The minimum absolute atomic E-state index is 0.136. The Bertz CT molecular complexity index is 360. The molecule has 1 unspecified atom stereocenters. The van der Waals surface area contributed by atoms with Crippen molar-refractivity contribution < 1.29 is 0 Å². The Labute approximate surface area is 111 Å². The van der Waals surface area contributed by atoms with Gasteiger partial charge in [-0.05, 0) is 41.4 Å². The van der Waals surface area contributed by atoms with Crippen LogP contribution in [0.25, 0.3) is 0 Å². The maximum atomic E-state index is 6.60. The van der Waals surface area contributed by atoms with E-state index in [0.717, 1.165) is 19.3 Å². The van der Waals surface area contributed by atoms with Crippen molar-refractivity contribution in [1.82, 2.24) is 0 Å². The number of halogens is 1. The summed E-state index contributed by atoms with van der Waals surface area (Å²) in [6.45, 7) is 11.1. The Hall–Kier alpha value is -0.490. The van der Waals surface area contributed by atoms with Gasteiger partial charge in [-0.15, -0.1) is 11.6 Å².